The van der Waals surface area contributed by atoms with Crippen LogP contribution >= 0.6 is 0 Å². The number of aliphatic hydroxyl groups excluding tert-OH is 1. The predicted octanol–water partition coefficient (Wildman–Crippen LogP) is 3.39. The first-order valence-corrected chi connectivity index (χ1v) is 9.43. The van der Waals surface area contributed by atoms with Crippen LogP contribution in [0.2, 0.25) is 0 Å². The number of hydrogen-bond donors (Lipinski definition) is 2. The van der Waals surface area contributed by atoms with Crippen LogP contribution in [0.4, 0.5) is 0 Å². The van der Waals surface area contributed by atoms with Gasteiger partial charge >= 0.3 is 5.97 Å². The third kappa shape index (κ3) is 5.31. The number of ether oxygens (including phenoxy) is 1. The average molecular weight is 378 g/mol. The van der Waals surface area contributed by atoms with Crippen LogP contribution in [0.1, 0.15) is 16.7 Å². The van der Waals surface area contributed by atoms with E-state index >= 15 is 0 Å². The van der Waals surface area contributed by atoms with Crippen LogP contribution < -0.4 is 0 Å². The van der Waals surface area contributed by atoms with Crippen LogP contribution in [0.5, 0.6) is 0 Å². The van der Waals surface area contributed by atoms with E-state index in [4.69, 9.17) is 0 Å². The van der Waals surface area contributed by atoms with Gasteiger partial charge in [-0.25, -0.2) is 4.79 Å². The van der Waals surface area contributed by atoms with Crippen molar-refractivity contribution in [3.8, 4) is 0 Å². The van der Waals surface area contributed by atoms with Crippen molar-refractivity contribution >= 4 is 22.9 Å². The maximum Gasteiger partial charge on any atom is 0.330 e. The van der Waals surface area contributed by atoms with Crippen LogP contribution in [-0.4, -0.2) is 47.8 Å². The number of fused-ring (bicyclic) bond motifs is 1. The van der Waals surface area contributed by atoms with Crippen LogP contribution in [0, 0.1) is 0 Å². The summed E-state index contributed by atoms with van der Waals surface area (Å²) in [6, 6.07) is 16.4. The largest absolute Gasteiger partial charge is 0.466 e. The molecule has 1 heterocycles. The molecule has 3 aromatic rings. The van der Waals surface area contributed by atoms with Crippen LogP contribution in [0.25, 0.3) is 17.0 Å². The summed E-state index contributed by atoms with van der Waals surface area (Å²) in [7, 11) is 1.36. The Bertz CT molecular complexity index is 928. The number of para-hydroxylation sites is 1. The van der Waals surface area contributed by atoms with Gasteiger partial charge in [-0.1, -0.05) is 42.5 Å². The number of H-pyrrole nitrogens is 1. The molecule has 0 amide bonds. The Labute approximate surface area is 165 Å². The van der Waals surface area contributed by atoms with Crippen molar-refractivity contribution in [2.24, 2.45) is 0 Å². The zero-order valence-electron chi connectivity index (χ0n) is 16.1. The number of carbonyl (C=O) groups is 1. The number of hydrogen-bond acceptors (Lipinski definition) is 4. The number of methoxy groups -OCH3 is 1. The fourth-order valence-corrected chi connectivity index (χ4v) is 3.25. The Kier molecular flexibility index (Phi) is 7.00. The average Bonchev–Trinajstić information content (AvgIpc) is 3.14. The number of benzene rings is 2. The van der Waals surface area contributed by atoms with E-state index < -0.39 is 0 Å². The van der Waals surface area contributed by atoms with Gasteiger partial charge < -0.3 is 14.8 Å². The molecule has 2 aromatic carbocycles. The predicted molar refractivity (Wildman–Crippen MR) is 112 cm³/mol. The van der Waals surface area contributed by atoms with Crippen molar-refractivity contribution in [2.45, 2.75) is 13.0 Å². The minimum atomic E-state index is -0.365. The number of nitrogens with one attached hydrogen (secondary N) is 1. The first kappa shape index (κ1) is 19.9. The molecule has 0 saturated heterocycles. The summed E-state index contributed by atoms with van der Waals surface area (Å²) in [6.07, 6.45) is 6.14. The van der Waals surface area contributed by atoms with Gasteiger partial charge in [-0.2, -0.15) is 0 Å². The summed E-state index contributed by atoms with van der Waals surface area (Å²) >= 11 is 0. The first-order valence-electron chi connectivity index (χ1n) is 9.43. The van der Waals surface area contributed by atoms with Gasteiger partial charge in [0, 0.05) is 42.8 Å². The number of aliphatic hydroxyl groups is 1. The molecule has 0 fully saturated rings. The fourth-order valence-electron chi connectivity index (χ4n) is 3.25. The van der Waals surface area contributed by atoms with Gasteiger partial charge in [-0.15, -0.1) is 0 Å². The van der Waals surface area contributed by atoms with E-state index in [1.54, 1.807) is 6.08 Å². The van der Waals surface area contributed by atoms with Crippen molar-refractivity contribution in [3.63, 3.8) is 0 Å². The van der Waals surface area contributed by atoms with Crippen molar-refractivity contribution in [2.75, 3.05) is 26.8 Å². The van der Waals surface area contributed by atoms with Crippen molar-refractivity contribution in [3.05, 3.63) is 77.5 Å². The van der Waals surface area contributed by atoms with E-state index in [1.807, 2.05) is 30.3 Å². The molecule has 0 aliphatic carbocycles. The summed E-state index contributed by atoms with van der Waals surface area (Å²) in [4.78, 5) is 16.7. The molecule has 0 aliphatic rings. The highest BCUT2D eigenvalue weighted by Crippen LogP contribution is 2.19. The number of carbonyl (C=O) groups excluding carboxylic acids is 1. The number of esters is 1. The lowest BCUT2D eigenvalue weighted by Gasteiger charge is -2.21. The molecule has 0 saturated carbocycles. The molecule has 5 nitrogen and oxygen atoms in total. The van der Waals surface area contributed by atoms with Gasteiger partial charge in [0.15, 0.2) is 0 Å². The normalized spacial score (nSPS) is 11.5. The Morgan fingerprint density at radius 1 is 1.14 bits per heavy atom. The van der Waals surface area contributed by atoms with Crippen LogP contribution in [-0.2, 0) is 22.5 Å². The zero-order valence-corrected chi connectivity index (χ0v) is 16.1. The van der Waals surface area contributed by atoms with Crippen molar-refractivity contribution < 1.29 is 14.6 Å². The Hall–Kier alpha value is -2.89. The number of rotatable bonds is 9. The Balaban J connectivity index is 1.61. The molecule has 5 heteroatoms. The van der Waals surface area contributed by atoms with E-state index in [-0.39, 0.29) is 12.6 Å². The molecule has 1 aromatic heterocycles. The van der Waals surface area contributed by atoms with E-state index in [1.165, 1.54) is 29.7 Å². The molecule has 3 rings (SSSR count). The summed E-state index contributed by atoms with van der Waals surface area (Å²) < 4.78 is 4.60. The van der Waals surface area contributed by atoms with E-state index in [9.17, 15) is 9.90 Å². The second-order valence-electron chi connectivity index (χ2n) is 6.71. The van der Waals surface area contributed by atoms with Gasteiger partial charge in [-0.05, 0) is 35.3 Å². The third-order valence-electron chi connectivity index (χ3n) is 4.79. The minimum Gasteiger partial charge on any atom is -0.466 e. The molecule has 0 spiro atoms. The SMILES string of the molecule is COC(=O)/C=C/c1ccc(CN(CCO)CCc2c[nH]c3ccccc23)cc1. The molecular formula is C23H26N2O3. The summed E-state index contributed by atoms with van der Waals surface area (Å²) in [5, 5.41) is 10.7. The maximum absolute atomic E-state index is 11.2. The smallest absolute Gasteiger partial charge is 0.330 e. The molecule has 0 unspecified atom stereocenters. The van der Waals surface area contributed by atoms with Crippen molar-refractivity contribution in [1.29, 1.82) is 0 Å². The topological polar surface area (TPSA) is 65.6 Å². The fraction of sp³-hybridized carbons (Fsp3) is 0.261. The molecule has 0 atom stereocenters. The second kappa shape index (κ2) is 9.88. The van der Waals surface area contributed by atoms with Crippen LogP contribution in [0.3, 0.4) is 0 Å². The van der Waals surface area contributed by atoms with Crippen molar-refractivity contribution in [1.82, 2.24) is 9.88 Å². The number of aromatic amines is 1. The van der Waals surface area contributed by atoms with Crippen LogP contribution in [0.15, 0.2) is 60.8 Å². The molecular weight excluding hydrogens is 352 g/mol. The lowest BCUT2D eigenvalue weighted by molar-refractivity contribution is -0.134. The molecule has 2 N–H and O–H groups in total. The van der Waals surface area contributed by atoms with Gasteiger partial charge in [0.2, 0.25) is 0 Å². The quantitative estimate of drug-likeness (QED) is 0.442. The highest BCUT2D eigenvalue weighted by molar-refractivity contribution is 5.86. The summed E-state index contributed by atoms with van der Waals surface area (Å²) in [5.41, 5.74) is 4.56. The number of nitrogens with zero attached hydrogens (tertiary/aromatic N) is 1. The zero-order chi connectivity index (χ0) is 19.8. The lowest BCUT2D eigenvalue weighted by atomic mass is 10.1. The highest BCUT2D eigenvalue weighted by atomic mass is 16.5. The Morgan fingerprint density at radius 2 is 1.93 bits per heavy atom. The van der Waals surface area contributed by atoms with E-state index in [2.05, 4.69) is 39.0 Å². The standard InChI is InChI=1S/C23H26N2O3/c1-28-23(27)11-10-18-6-8-19(9-7-18)17-25(14-15-26)13-12-20-16-24-22-5-3-2-4-21(20)22/h2-11,16,24,26H,12-15,17H2,1H3/b11-10+. The third-order valence-corrected chi connectivity index (χ3v) is 4.79. The molecule has 28 heavy (non-hydrogen) atoms. The summed E-state index contributed by atoms with van der Waals surface area (Å²) in [6.45, 7) is 2.40. The van der Waals surface area contributed by atoms with Gasteiger partial charge in [0.1, 0.15) is 0 Å². The van der Waals surface area contributed by atoms with Gasteiger partial charge in [0.05, 0.1) is 13.7 Å². The first-order chi connectivity index (χ1) is 13.7. The summed E-state index contributed by atoms with van der Waals surface area (Å²) in [5.74, 6) is -0.365. The molecule has 0 bridgehead atoms. The molecule has 0 radical (unpaired) electrons. The lowest BCUT2D eigenvalue weighted by Crippen LogP contribution is -2.28. The van der Waals surface area contributed by atoms with Gasteiger partial charge in [-0.3, -0.25) is 4.90 Å². The maximum atomic E-state index is 11.2. The second-order valence-corrected chi connectivity index (χ2v) is 6.71. The minimum absolute atomic E-state index is 0.133. The van der Waals surface area contributed by atoms with E-state index in [0.717, 1.165) is 30.6 Å². The van der Waals surface area contributed by atoms with E-state index in [0.29, 0.717) is 6.54 Å². The highest BCUT2D eigenvalue weighted by Gasteiger charge is 2.09. The molecule has 0 aliphatic heterocycles. The van der Waals surface area contributed by atoms with Gasteiger partial charge in [0.25, 0.3) is 0 Å². The monoisotopic (exact) mass is 378 g/mol. The molecule has 146 valence electrons. The number of aromatic nitrogens is 1. The Morgan fingerprint density at radius 3 is 2.68 bits per heavy atom.